The average Bonchev–Trinajstić information content (AvgIpc) is 2.00. The number of alkyl halides is 3. The summed E-state index contributed by atoms with van der Waals surface area (Å²) in [5.74, 6) is 0. The molecular weight excluding hydrogens is 259 g/mol. The summed E-state index contributed by atoms with van der Waals surface area (Å²) >= 11 is 0. The Bertz CT molecular complexity index is 533. The van der Waals surface area contributed by atoms with Gasteiger partial charge in [-0.2, -0.15) is 13.2 Å². The predicted molar refractivity (Wildman–Crippen MR) is 45.1 cm³/mol. The van der Waals surface area contributed by atoms with E-state index in [1.165, 1.54) is 0 Å². The summed E-state index contributed by atoms with van der Waals surface area (Å²) in [6.07, 6.45) is -4.38. The van der Waals surface area contributed by atoms with E-state index in [0.717, 1.165) is 0 Å². The predicted octanol–water partition coefficient (Wildman–Crippen LogP) is 1.32. The molecule has 15 heavy (non-hydrogen) atoms. The number of hydrogen-bond donors (Lipinski definition) is 1. The molecule has 0 saturated heterocycles. The van der Waals surface area contributed by atoms with E-state index < -0.39 is 31.2 Å². The number of aromatic amines is 1. The van der Waals surface area contributed by atoms with E-state index in [9.17, 15) is 26.4 Å². The van der Waals surface area contributed by atoms with Crippen LogP contribution < -0.4 is 5.56 Å². The topological polar surface area (TPSA) is 67.0 Å². The van der Waals surface area contributed by atoms with Gasteiger partial charge in [0.25, 0.3) is 14.6 Å². The molecule has 84 valence electrons. The minimum atomic E-state index is -4.75. The number of H-pyrrole nitrogens is 1. The first-order valence-corrected chi connectivity index (χ1v) is 5.68. The van der Waals surface area contributed by atoms with E-state index in [1.807, 2.05) is 0 Å². The van der Waals surface area contributed by atoms with Crippen molar-refractivity contribution in [3.63, 3.8) is 0 Å². The summed E-state index contributed by atoms with van der Waals surface area (Å²) < 4.78 is 57.8. The molecule has 0 amide bonds. The van der Waals surface area contributed by atoms with Gasteiger partial charge in [0.05, 0.1) is 5.56 Å². The van der Waals surface area contributed by atoms with Gasteiger partial charge < -0.3 is 4.98 Å². The van der Waals surface area contributed by atoms with Gasteiger partial charge in [0.2, 0.25) is 0 Å². The van der Waals surface area contributed by atoms with E-state index in [4.69, 9.17) is 10.7 Å². The SMILES string of the molecule is O=c1[nH]cc(C(F)(F)F)cc1S(=O)(=O)Cl. The number of rotatable bonds is 1. The molecule has 0 saturated carbocycles. The molecule has 0 aliphatic carbocycles. The van der Waals surface area contributed by atoms with Gasteiger partial charge in [-0.3, -0.25) is 4.79 Å². The fourth-order valence-corrected chi connectivity index (χ4v) is 1.70. The van der Waals surface area contributed by atoms with Crippen LogP contribution in [0, 0.1) is 0 Å². The van der Waals surface area contributed by atoms with Crippen molar-refractivity contribution in [3.05, 3.63) is 28.2 Å². The Morgan fingerprint density at radius 3 is 2.27 bits per heavy atom. The summed E-state index contributed by atoms with van der Waals surface area (Å²) in [4.78, 5) is 11.4. The van der Waals surface area contributed by atoms with Crippen LogP contribution in [0.15, 0.2) is 22.0 Å². The zero-order chi connectivity index (χ0) is 11.9. The van der Waals surface area contributed by atoms with Crippen molar-refractivity contribution in [2.24, 2.45) is 0 Å². The van der Waals surface area contributed by atoms with E-state index in [0.29, 0.717) is 6.20 Å². The molecule has 4 nitrogen and oxygen atoms in total. The first kappa shape index (κ1) is 12.1. The highest BCUT2D eigenvalue weighted by Crippen LogP contribution is 2.29. The maximum absolute atomic E-state index is 12.1. The largest absolute Gasteiger partial charge is 0.417 e. The van der Waals surface area contributed by atoms with E-state index in [2.05, 4.69) is 0 Å². The lowest BCUT2D eigenvalue weighted by Gasteiger charge is -2.06. The second-order valence-electron chi connectivity index (χ2n) is 2.52. The Labute approximate surface area is 86.1 Å². The zero-order valence-electron chi connectivity index (χ0n) is 6.80. The molecule has 0 bridgehead atoms. The molecule has 1 aromatic heterocycles. The van der Waals surface area contributed by atoms with Gasteiger partial charge in [-0.1, -0.05) is 0 Å². The lowest BCUT2D eigenvalue weighted by atomic mass is 10.3. The Balaban J connectivity index is 3.50. The molecule has 0 radical (unpaired) electrons. The monoisotopic (exact) mass is 261 g/mol. The van der Waals surface area contributed by atoms with Crippen LogP contribution in [0.3, 0.4) is 0 Å². The van der Waals surface area contributed by atoms with Gasteiger partial charge in [-0.05, 0) is 6.07 Å². The first-order valence-electron chi connectivity index (χ1n) is 3.37. The molecule has 1 N–H and O–H groups in total. The second kappa shape index (κ2) is 3.53. The van der Waals surface area contributed by atoms with Crippen molar-refractivity contribution < 1.29 is 21.6 Å². The van der Waals surface area contributed by atoms with Crippen LogP contribution in [-0.4, -0.2) is 13.4 Å². The molecule has 1 heterocycles. The van der Waals surface area contributed by atoms with Gasteiger partial charge in [0, 0.05) is 16.9 Å². The molecule has 0 fully saturated rings. The summed E-state index contributed by atoms with van der Waals surface area (Å²) in [7, 11) is 0.283. The highest BCUT2D eigenvalue weighted by Gasteiger charge is 2.32. The molecule has 0 aliphatic heterocycles. The second-order valence-corrected chi connectivity index (χ2v) is 5.05. The van der Waals surface area contributed by atoms with Gasteiger partial charge in [0.15, 0.2) is 0 Å². The third kappa shape index (κ3) is 2.72. The highest BCUT2D eigenvalue weighted by molar-refractivity contribution is 8.13. The van der Waals surface area contributed by atoms with E-state index >= 15 is 0 Å². The smallest absolute Gasteiger partial charge is 0.327 e. The minimum Gasteiger partial charge on any atom is -0.327 e. The van der Waals surface area contributed by atoms with Crippen LogP contribution >= 0.6 is 10.7 Å². The Hall–Kier alpha value is -1.02. The Morgan fingerprint density at radius 2 is 1.87 bits per heavy atom. The van der Waals surface area contributed by atoms with Crippen LogP contribution in [0.4, 0.5) is 13.2 Å². The average molecular weight is 262 g/mol. The van der Waals surface area contributed by atoms with E-state index in [1.54, 1.807) is 4.98 Å². The molecule has 0 unspecified atom stereocenters. The minimum absolute atomic E-state index is 0.182. The number of pyridine rings is 1. The molecule has 0 atom stereocenters. The number of nitrogens with one attached hydrogen (secondary N) is 1. The third-order valence-electron chi connectivity index (χ3n) is 1.46. The van der Waals surface area contributed by atoms with Crippen molar-refractivity contribution in [1.29, 1.82) is 0 Å². The number of hydrogen-bond acceptors (Lipinski definition) is 3. The van der Waals surface area contributed by atoms with Gasteiger partial charge >= 0.3 is 6.18 Å². The van der Waals surface area contributed by atoms with Gasteiger partial charge in [-0.15, -0.1) is 0 Å². The maximum Gasteiger partial charge on any atom is 0.417 e. The molecule has 0 aliphatic rings. The fraction of sp³-hybridized carbons (Fsp3) is 0.167. The van der Waals surface area contributed by atoms with Crippen LogP contribution in [0.2, 0.25) is 0 Å². The van der Waals surface area contributed by atoms with Crippen LogP contribution in [0.1, 0.15) is 5.56 Å². The molecular formula is C6H3ClF3NO3S. The quantitative estimate of drug-likeness (QED) is 0.776. The zero-order valence-corrected chi connectivity index (χ0v) is 8.37. The van der Waals surface area contributed by atoms with Gasteiger partial charge in [-0.25, -0.2) is 8.42 Å². The highest BCUT2D eigenvalue weighted by atomic mass is 35.7. The lowest BCUT2D eigenvalue weighted by Crippen LogP contribution is -2.17. The standard InChI is InChI=1S/C6H3ClF3NO3S/c7-15(13,14)4-1-3(6(8,9)10)2-11-5(4)12/h1-2H,(H,11,12). The number of halogens is 4. The van der Waals surface area contributed by atoms with Crippen molar-refractivity contribution in [1.82, 2.24) is 4.98 Å². The van der Waals surface area contributed by atoms with Crippen LogP contribution in [0.5, 0.6) is 0 Å². The summed E-state index contributed by atoms with van der Waals surface area (Å²) in [5.41, 5.74) is -2.49. The maximum atomic E-state index is 12.1. The van der Waals surface area contributed by atoms with Crippen molar-refractivity contribution in [3.8, 4) is 0 Å². The summed E-state index contributed by atoms with van der Waals surface area (Å²) in [5, 5.41) is 0. The Kier molecular flexibility index (Phi) is 2.83. The summed E-state index contributed by atoms with van der Waals surface area (Å²) in [6.45, 7) is 0. The van der Waals surface area contributed by atoms with Crippen LogP contribution in [0.25, 0.3) is 0 Å². The summed E-state index contributed by atoms with van der Waals surface area (Å²) in [6, 6.07) is 0.182. The van der Waals surface area contributed by atoms with Gasteiger partial charge in [0.1, 0.15) is 4.90 Å². The Morgan fingerprint density at radius 1 is 1.33 bits per heavy atom. The van der Waals surface area contributed by atoms with Crippen molar-refractivity contribution >= 4 is 19.7 Å². The molecule has 0 aromatic carbocycles. The molecule has 1 rings (SSSR count). The lowest BCUT2D eigenvalue weighted by molar-refractivity contribution is -0.138. The van der Waals surface area contributed by atoms with E-state index in [-0.39, 0.29) is 6.07 Å². The molecule has 9 heteroatoms. The van der Waals surface area contributed by atoms with Crippen molar-refractivity contribution in [2.75, 3.05) is 0 Å². The third-order valence-corrected chi connectivity index (χ3v) is 2.79. The van der Waals surface area contributed by atoms with Crippen LogP contribution in [-0.2, 0) is 15.2 Å². The molecule has 1 aromatic rings. The van der Waals surface area contributed by atoms with Crippen molar-refractivity contribution in [2.45, 2.75) is 11.1 Å². The number of aromatic nitrogens is 1. The first-order chi connectivity index (χ1) is 6.62. The molecule has 0 spiro atoms. The normalized spacial score (nSPS) is 12.8. The fourth-order valence-electron chi connectivity index (χ4n) is 0.808.